The minimum Gasteiger partial charge on any atom is -0.550 e. The third-order valence-corrected chi connectivity index (χ3v) is 0.701. The van der Waals surface area contributed by atoms with Gasteiger partial charge in [-0.3, -0.25) is 0 Å². The molecule has 6 heteroatoms. The van der Waals surface area contributed by atoms with Gasteiger partial charge < -0.3 is 14.3 Å². The van der Waals surface area contributed by atoms with Crippen molar-refractivity contribution in [1.82, 2.24) is 10.2 Å². The maximum atomic E-state index is 9.83. The molecule has 0 amide bonds. The zero-order chi connectivity index (χ0) is 6.69. The van der Waals surface area contributed by atoms with Crippen LogP contribution in [0.15, 0.2) is 10.8 Å². The Kier molecular flexibility index (Phi) is 3.77. The van der Waals surface area contributed by atoms with E-state index in [2.05, 4.69) is 14.6 Å². The third kappa shape index (κ3) is 2.67. The van der Waals surface area contributed by atoms with Crippen LogP contribution in [0.1, 0.15) is 5.89 Å². The standard InChI is InChI=1S/C4H4N2O3.Li/c7-4(8)1-3-6-5-2-9-3;/h2H,1H2,(H,7,8);/q;+1/p-1. The first kappa shape index (κ1) is 9.21. The molecule has 0 unspecified atom stereocenters. The van der Waals surface area contributed by atoms with E-state index in [-0.39, 0.29) is 31.2 Å². The number of nitrogens with zero attached hydrogens (tertiary/aromatic N) is 2. The fourth-order valence-corrected chi connectivity index (χ4v) is 0.396. The van der Waals surface area contributed by atoms with E-state index in [9.17, 15) is 9.90 Å². The van der Waals surface area contributed by atoms with Gasteiger partial charge in [-0.1, -0.05) is 0 Å². The molecule has 0 bridgehead atoms. The van der Waals surface area contributed by atoms with E-state index in [1.54, 1.807) is 0 Å². The number of hydrogen-bond acceptors (Lipinski definition) is 5. The van der Waals surface area contributed by atoms with Crippen LogP contribution in [-0.4, -0.2) is 16.2 Å². The molecule has 0 atom stereocenters. The maximum absolute atomic E-state index is 9.83. The van der Waals surface area contributed by atoms with Crippen molar-refractivity contribution in [2.24, 2.45) is 0 Å². The van der Waals surface area contributed by atoms with Gasteiger partial charge in [-0.05, 0) is 0 Å². The van der Waals surface area contributed by atoms with Gasteiger partial charge in [-0.2, -0.15) is 0 Å². The van der Waals surface area contributed by atoms with Gasteiger partial charge in [-0.15, -0.1) is 10.2 Å². The van der Waals surface area contributed by atoms with Crippen LogP contribution in [-0.2, 0) is 11.2 Å². The summed E-state index contributed by atoms with van der Waals surface area (Å²) in [7, 11) is 0. The topological polar surface area (TPSA) is 79.0 Å². The summed E-state index contributed by atoms with van der Waals surface area (Å²) in [5.74, 6) is -1.16. The van der Waals surface area contributed by atoms with Crippen molar-refractivity contribution in [2.75, 3.05) is 0 Å². The van der Waals surface area contributed by atoms with Crippen LogP contribution < -0.4 is 24.0 Å². The van der Waals surface area contributed by atoms with Crippen LogP contribution in [0, 0.1) is 0 Å². The number of carboxylic acid groups (broad SMARTS) is 1. The molecule has 0 saturated heterocycles. The van der Waals surface area contributed by atoms with E-state index in [1.807, 2.05) is 0 Å². The molecular formula is C4H3LiN2O3. The Hall–Kier alpha value is -0.793. The van der Waals surface area contributed by atoms with Crippen molar-refractivity contribution < 1.29 is 33.2 Å². The molecule has 10 heavy (non-hydrogen) atoms. The summed E-state index contributed by atoms with van der Waals surface area (Å²) in [5.41, 5.74) is 0. The molecule has 0 aliphatic heterocycles. The average molecular weight is 134 g/mol. The van der Waals surface area contributed by atoms with Crippen LogP contribution in [0.25, 0.3) is 0 Å². The monoisotopic (exact) mass is 134 g/mol. The summed E-state index contributed by atoms with van der Waals surface area (Å²) in [6.45, 7) is 0. The van der Waals surface area contributed by atoms with Crippen molar-refractivity contribution in [3.8, 4) is 0 Å². The van der Waals surface area contributed by atoms with Gasteiger partial charge in [0.05, 0.1) is 12.4 Å². The number of aliphatic carboxylic acids is 1. The van der Waals surface area contributed by atoms with Crippen molar-refractivity contribution >= 4 is 5.97 Å². The van der Waals surface area contributed by atoms with E-state index < -0.39 is 5.97 Å². The van der Waals surface area contributed by atoms with E-state index in [1.165, 1.54) is 0 Å². The Morgan fingerprint density at radius 3 is 2.90 bits per heavy atom. The number of carbonyl (C=O) groups is 1. The SMILES string of the molecule is O=C([O-])Cc1nnco1.[Li+]. The molecule has 0 N–H and O–H groups in total. The first-order chi connectivity index (χ1) is 4.29. The average Bonchev–Trinajstić information content (AvgIpc) is 2.15. The first-order valence-electron chi connectivity index (χ1n) is 2.24. The van der Waals surface area contributed by atoms with Crippen LogP contribution in [0.5, 0.6) is 0 Å². The van der Waals surface area contributed by atoms with Gasteiger partial charge in [0.15, 0.2) is 0 Å². The minimum absolute atomic E-state index is 0. The van der Waals surface area contributed by atoms with Gasteiger partial charge in [-0.25, -0.2) is 0 Å². The maximum Gasteiger partial charge on any atom is 1.00 e. The summed E-state index contributed by atoms with van der Waals surface area (Å²) < 4.78 is 4.50. The molecule has 1 rings (SSSR count). The zero-order valence-corrected chi connectivity index (χ0v) is 5.40. The Morgan fingerprint density at radius 2 is 2.50 bits per heavy atom. The van der Waals surface area contributed by atoms with Crippen molar-refractivity contribution in [3.63, 3.8) is 0 Å². The number of carboxylic acids is 1. The van der Waals surface area contributed by atoms with Crippen molar-refractivity contribution in [1.29, 1.82) is 0 Å². The first-order valence-corrected chi connectivity index (χ1v) is 2.24. The molecule has 0 aliphatic carbocycles. The van der Waals surface area contributed by atoms with E-state index >= 15 is 0 Å². The second-order valence-corrected chi connectivity index (χ2v) is 1.38. The molecule has 48 valence electrons. The second-order valence-electron chi connectivity index (χ2n) is 1.38. The number of aromatic nitrogens is 2. The molecule has 1 heterocycles. The summed E-state index contributed by atoms with van der Waals surface area (Å²) in [5, 5.41) is 16.4. The normalized spacial score (nSPS) is 8.40. The van der Waals surface area contributed by atoms with Gasteiger partial charge in [0.2, 0.25) is 12.3 Å². The summed E-state index contributed by atoms with van der Waals surface area (Å²) >= 11 is 0. The molecule has 0 saturated carbocycles. The van der Waals surface area contributed by atoms with Gasteiger partial charge in [0, 0.05) is 0 Å². The number of rotatable bonds is 2. The van der Waals surface area contributed by atoms with Gasteiger partial charge in [0.1, 0.15) is 0 Å². The van der Waals surface area contributed by atoms with Crippen molar-refractivity contribution in [2.45, 2.75) is 6.42 Å². The third-order valence-electron chi connectivity index (χ3n) is 0.701. The minimum atomic E-state index is -1.22. The van der Waals surface area contributed by atoms with Crippen molar-refractivity contribution in [3.05, 3.63) is 12.3 Å². The number of carbonyl (C=O) groups excluding carboxylic acids is 1. The second kappa shape index (κ2) is 4.09. The Morgan fingerprint density at radius 1 is 1.80 bits per heavy atom. The summed E-state index contributed by atoms with van der Waals surface area (Å²) in [6, 6.07) is 0. The molecule has 1 aromatic rings. The quantitative estimate of drug-likeness (QED) is 0.380. The zero-order valence-electron chi connectivity index (χ0n) is 5.40. The molecular weight excluding hydrogens is 131 g/mol. The molecule has 0 aliphatic rings. The predicted molar refractivity (Wildman–Crippen MR) is 23.0 cm³/mol. The molecule has 1 aromatic heterocycles. The van der Waals surface area contributed by atoms with E-state index in [4.69, 9.17) is 0 Å². The predicted octanol–water partition coefficient (Wildman–Crippen LogP) is -4.63. The number of hydrogen-bond donors (Lipinski definition) is 0. The van der Waals surface area contributed by atoms with Gasteiger partial charge in [0.25, 0.3) is 0 Å². The summed E-state index contributed by atoms with van der Waals surface area (Å²) in [6.07, 6.45) is 0.748. The Labute approximate surface area is 68.6 Å². The molecule has 0 aromatic carbocycles. The van der Waals surface area contributed by atoms with E-state index in [0.717, 1.165) is 6.39 Å². The molecule has 0 spiro atoms. The van der Waals surface area contributed by atoms with Gasteiger partial charge >= 0.3 is 18.9 Å². The fraction of sp³-hybridized carbons (Fsp3) is 0.250. The van der Waals surface area contributed by atoms with Crippen LogP contribution in [0.4, 0.5) is 0 Å². The Balaban J connectivity index is 0.000000810. The van der Waals surface area contributed by atoms with Crippen LogP contribution in [0.3, 0.4) is 0 Å². The Bertz CT molecular complexity index is 198. The fourth-order valence-electron chi connectivity index (χ4n) is 0.396. The largest absolute Gasteiger partial charge is 1.00 e. The molecule has 0 radical (unpaired) electrons. The van der Waals surface area contributed by atoms with Crippen LogP contribution in [0.2, 0.25) is 0 Å². The smallest absolute Gasteiger partial charge is 0.550 e. The van der Waals surface area contributed by atoms with E-state index in [0.29, 0.717) is 0 Å². The van der Waals surface area contributed by atoms with Crippen LogP contribution >= 0.6 is 0 Å². The molecule has 5 nitrogen and oxygen atoms in total. The molecule has 0 fully saturated rings. The summed E-state index contributed by atoms with van der Waals surface area (Å²) in [4.78, 5) is 9.83.